The first-order chi connectivity index (χ1) is 13.1. The summed E-state index contributed by atoms with van der Waals surface area (Å²) in [5.41, 5.74) is 0.996. The average molecular weight is 398 g/mol. The van der Waals surface area contributed by atoms with E-state index in [9.17, 15) is 18.8 Å². The van der Waals surface area contributed by atoms with Gasteiger partial charge in [0.15, 0.2) is 5.58 Å². The molecule has 0 unspecified atom stereocenters. The minimum absolute atomic E-state index is 0.212. The molecule has 0 spiro atoms. The maximum Gasteiger partial charge on any atom is 0.316 e. The highest BCUT2D eigenvalue weighted by atomic mass is 32.2. The number of benzene rings is 2. The van der Waals surface area contributed by atoms with Crippen LogP contribution in [0.5, 0.6) is 5.75 Å². The van der Waals surface area contributed by atoms with Gasteiger partial charge in [-0.25, -0.2) is 8.42 Å². The highest BCUT2D eigenvalue weighted by Gasteiger charge is 2.51. The Balaban J connectivity index is 1.93. The molecule has 0 fully saturated rings. The van der Waals surface area contributed by atoms with E-state index < -0.39 is 32.0 Å². The molecular weight excluding hydrogens is 380 g/mol. The summed E-state index contributed by atoms with van der Waals surface area (Å²) in [6.07, 6.45) is -1.39. The molecule has 2 heterocycles. The number of nitrogens with zero attached hydrogens (tertiary/aromatic N) is 2. The summed E-state index contributed by atoms with van der Waals surface area (Å²) in [6, 6.07) is 11.7. The Morgan fingerprint density at radius 3 is 2.68 bits per heavy atom. The van der Waals surface area contributed by atoms with E-state index in [1.165, 1.54) is 6.07 Å². The summed E-state index contributed by atoms with van der Waals surface area (Å²) in [5, 5.41) is 18.2. The van der Waals surface area contributed by atoms with Gasteiger partial charge in [0.2, 0.25) is 9.84 Å². The number of sulfone groups is 1. The van der Waals surface area contributed by atoms with Gasteiger partial charge in [0.1, 0.15) is 28.2 Å². The third-order valence-corrected chi connectivity index (χ3v) is 6.76. The van der Waals surface area contributed by atoms with Gasteiger partial charge in [-0.3, -0.25) is 0 Å². The van der Waals surface area contributed by atoms with E-state index >= 15 is 0 Å². The number of aliphatic hydroxyl groups is 1. The first kappa shape index (κ1) is 18.5. The molecule has 2 aromatic carbocycles. The molecule has 7 nitrogen and oxygen atoms in total. The summed E-state index contributed by atoms with van der Waals surface area (Å²) in [5.74, 6) is 0.301. The van der Waals surface area contributed by atoms with Crippen molar-refractivity contribution in [1.29, 1.82) is 5.26 Å². The molecule has 2 atom stereocenters. The quantitative estimate of drug-likeness (QED) is 0.706. The van der Waals surface area contributed by atoms with Crippen LogP contribution < -0.4 is 4.74 Å². The Labute approximate surface area is 162 Å². The number of ether oxygens (including phenoxy) is 1. The van der Waals surface area contributed by atoms with Gasteiger partial charge < -0.3 is 14.3 Å². The predicted molar refractivity (Wildman–Crippen MR) is 101 cm³/mol. The van der Waals surface area contributed by atoms with E-state index in [4.69, 9.17) is 9.15 Å². The molecule has 0 saturated heterocycles. The Hall–Kier alpha value is -2.89. The van der Waals surface area contributed by atoms with Crippen LogP contribution in [0.1, 0.15) is 35.8 Å². The molecule has 0 bridgehead atoms. The molecule has 1 aromatic heterocycles. The molecule has 0 saturated carbocycles. The summed E-state index contributed by atoms with van der Waals surface area (Å²) in [6.45, 7) is 5.08. The minimum Gasteiger partial charge on any atom is -0.485 e. The molecule has 3 aromatic rings. The van der Waals surface area contributed by atoms with Gasteiger partial charge in [-0.2, -0.15) is 10.2 Å². The van der Waals surface area contributed by atoms with Crippen LogP contribution in [0.15, 0.2) is 46.0 Å². The number of rotatable bonds is 2. The van der Waals surface area contributed by atoms with E-state index in [0.29, 0.717) is 16.8 Å². The topological polar surface area (TPSA) is 113 Å². The zero-order valence-corrected chi connectivity index (χ0v) is 16.3. The zero-order chi connectivity index (χ0) is 20.3. The molecule has 8 heteroatoms. The number of aromatic nitrogens is 1. The van der Waals surface area contributed by atoms with Crippen molar-refractivity contribution in [1.82, 2.24) is 4.98 Å². The van der Waals surface area contributed by atoms with E-state index in [0.717, 1.165) is 5.56 Å². The van der Waals surface area contributed by atoms with E-state index in [1.54, 1.807) is 44.2 Å². The molecule has 28 heavy (non-hydrogen) atoms. The second-order valence-electron chi connectivity index (χ2n) is 7.43. The highest BCUT2D eigenvalue weighted by Crippen LogP contribution is 2.46. The van der Waals surface area contributed by atoms with E-state index in [1.807, 2.05) is 13.0 Å². The van der Waals surface area contributed by atoms with Gasteiger partial charge in [-0.1, -0.05) is 6.07 Å². The third kappa shape index (κ3) is 2.75. The van der Waals surface area contributed by atoms with Crippen molar-refractivity contribution in [3.8, 4) is 11.8 Å². The van der Waals surface area contributed by atoms with Crippen LogP contribution in [0.4, 0.5) is 0 Å². The molecule has 1 aliphatic heterocycles. The molecule has 1 aliphatic rings. The van der Waals surface area contributed by atoms with E-state index in [-0.39, 0.29) is 11.1 Å². The Bertz CT molecular complexity index is 1240. The maximum absolute atomic E-state index is 13.4. The number of nitriles is 1. The standard InChI is InChI=1S/C20H18N2O5S/c1-11-4-6-16-14(8-11)22-19(26-16)28(24,25)17-13-9-12(10-21)5-7-15(13)27-20(2,3)18(17)23/h4-9,17-18,23H,1-3H3/t17-,18+/m1/s1. The Morgan fingerprint density at radius 1 is 1.21 bits per heavy atom. The normalized spacial score (nSPS) is 21.0. The second-order valence-corrected chi connectivity index (χ2v) is 9.38. The van der Waals surface area contributed by atoms with Gasteiger partial charge in [-0.15, -0.1) is 0 Å². The fourth-order valence-electron chi connectivity index (χ4n) is 3.40. The number of fused-ring (bicyclic) bond motifs is 2. The fraction of sp³-hybridized carbons (Fsp3) is 0.300. The van der Waals surface area contributed by atoms with Crippen molar-refractivity contribution in [2.24, 2.45) is 0 Å². The van der Waals surface area contributed by atoms with Crippen molar-refractivity contribution in [2.75, 3.05) is 0 Å². The predicted octanol–water partition coefficient (Wildman–Crippen LogP) is 3.05. The van der Waals surface area contributed by atoms with Crippen LogP contribution in [0.2, 0.25) is 0 Å². The van der Waals surface area contributed by atoms with Gasteiger partial charge in [-0.05, 0) is 56.7 Å². The number of aryl methyl sites for hydroxylation is 1. The molecule has 4 rings (SSSR count). The van der Waals surface area contributed by atoms with E-state index in [2.05, 4.69) is 4.98 Å². The van der Waals surface area contributed by atoms with Gasteiger partial charge in [0.25, 0.3) is 0 Å². The third-order valence-electron chi connectivity index (χ3n) is 4.92. The van der Waals surface area contributed by atoms with Crippen LogP contribution in [0, 0.1) is 18.3 Å². The lowest BCUT2D eigenvalue weighted by atomic mass is 9.90. The van der Waals surface area contributed by atoms with Crippen molar-refractivity contribution < 1.29 is 22.7 Å². The van der Waals surface area contributed by atoms with Crippen molar-refractivity contribution in [3.63, 3.8) is 0 Å². The SMILES string of the molecule is Cc1ccc2oc(S(=O)(=O)[C@@H]3c4cc(C#N)ccc4OC(C)(C)[C@H]3O)nc2c1. The highest BCUT2D eigenvalue weighted by molar-refractivity contribution is 7.91. The number of aliphatic hydroxyl groups excluding tert-OH is 1. The molecule has 1 N–H and O–H groups in total. The molecule has 144 valence electrons. The first-order valence-corrected chi connectivity index (χ1v) is 10.2. The largest absolute Gasteiger partial charge is 0.485 e. The average Bonchev–Trinajstić information content (AvgIpc) is 3.06. The lowest BCUT2D eigenvalue weighted by Crippen LogP contribution is -2.50. The molecule has 0 aliphatic carbocycles. The summed E-state index contributed by atoms with van der Waals surface area (Å²) >= 11 is 0. The zero-order valence-electron chi connectivity index (χ0n) is 15.5. The lowest BCUT2D eigenvalue weighted by molar-refractivity contribution is -0.0446. The van der Waals surface area contributed by atoms with Crippen molar-refractivity contribution in [2.45, 2.75) is 42.9 Å². The number of oxazole rings is 1. The van der Waals surface area contributed by atoms with Gasteiger partial charge in [0.05, 0.1) is 11.6 Å². The van der Waals surface area contributed by atoms with Crippen LogP contribution in [0.25, 0.3) is 11.1 Å². The summed E-state index contributed by atoms with van der Waals surface area (Å²) in [7, 11) is -4.21. The first-order valence-electron chi connectivity index (χ1n) is 8.66. The monoisotopic (exact) mass is 398 g/mol. The van der Waals surface area contributed by atoms with Crippen LogP contribution in [-0.2, 0) is 9.84 Å². The summed E-state index contributed by atoms with van der Waals surface area (Å²) in [4.78, 5) is 4.15. The van der Waals surface area contributed by atoms with Crippen molar-refractivity contribution in [3.05, 3.63) is 53.1 Å². The van der Waals surface area contributed by atoms with Crippen LogP contribution in [-0.4, -0.2) is 30.2 Å². The fourth-order valence-corrected chi connectivity index (χ4v) is 5.23. The van der Waals surface area contributed by atoms with Crippen molar-refractivity contribution >= 4 is 20.9 Å². The minimum atomic E-state index is -4.21. The van der Waals surface area contributed by atoms with Crippen LogP contribution in [0.3, 0.4) is 0 Å². The Kier molecular flexibility index (Phi) is 4.00. The molecular formula is C20H18N2O5S. The Morgan fingerprint density at radius 2 is 1.96 bits per heavy atom. The number of hydrogen-bond acceptors (Lipinski definition) is 7. The smallest absolute Gasteiger partial charge is 0.316 e. The van der Waals surface area contributed by atoms with Gasteiger partial charge >= 0.3 is 5.22 Å². The lowest BCUT2D eigenvalue weighted by Gasteiger charge is -2.41. The second kappa shape index (κ2) is 6.06. The maximum atomic E-state index is 13.4. The van der Waals surface area contributed by atoms with Crippen LogP contribution >= 0.6 is 0 Å². The molecule has 0 radical (unpaired) electrons. The summed E-state index contributed by atoms with van der Waals surface area (Å²) < 4.78 is 38.2. The van der Waals surface area contributed by atoms with Gasteiger partial charge in [0, 0.05) is 5.56 Å². The number of hydrogen-bond donors (Lipinski definition) is 1. The molecule has 0 amide bonds.